The fraction of sp³-hybridized carbons (Fsp3) is 0.438. The monoisotopic (exact) mass is 712 g/mol. The molecule has 2 atom stereocenters. The van der Waals surface area contributed by atoms with Crippen molar-refractivity contribution in [2.24, 2.45) is 0 Å². The first-order valence-corrected chi connectivity index (χ1v) is 16.4. The summed E-state index contributed by atoms with van der Waals surface area (Å²) in [5.74, 6) is -3.88. The number of carboxylic acids is 1. The van der Waals surface area contributed by atoms with Crippen molar-refractivity contribution in [3.05, 3.63) is 73.4 Å². The molecule has 0 radical (unpaired) electrons. The van der Waals surface area contributed by atoms with Crippen LogP contribution in [-0.4, -0.2) is 74.6 Å². The summed E-state index contributed by atoms with van der Waals surface area (Å²) >= 11 is 7.60. The number of likely N-dealkylation sites (tertiary alicyclic amines) is 1. The number of thiophene rings is 1. The zero-order chi connectivity index (χ0) is 34.5. The van der Waals surface area contributed by atoms with Gasteiger partial charge in [0.2, 0.25) is 0 Å². The molecule has 0 amide bonds. The third-order valence-corrected chi connectivity index (χ3v) is 9.97. The Morgan fingerprint density at radius 2 is 1.94 bits per heavy atom. The van der Waals surface area contributed by atoms with Gasteiger partial charge in [-0.05, 0) is 63.8 Å². The van der Waals surface area contributed by atoms with Crippen molar-refractivity contribution < 1.29 is 41.3 Å². The number of hydrogen-bond acceptors (Lipinski definition) is 8. The molecule has 2 aliphatic rings. The molecule has 3 aromatic heterocycles. The predicted octanol–water partition coefficient (Wildman–Crippen LogP) is 6.67. The van der Waals surface area contributed by atoms with Crippen LogP contribution < -0.4 is 10.3 Å². The van der Waals surface area contributed by atoms with Crippen LogP contribution in [-0.2, 0) is 24.1 Å². The average Bonchev–Trinajstić information content (AvgIpc) is 3.43. The van der Waals surface area contributed by atoms with Crippen molar-refractivity contribution in [2.75, 3.05) is 19.7 Å². The molecule has 1 saturated heterocycles. The Labute approximate surface area is 279 Å². The third-order valence-electron chi connectivity index (χ3n) is 8.73. The van der Waals surface area contributed by atoms with Crippen LogP contribution in [0.3, 0.4) is 0 Å². The number of carbonyl (C=O) groups is 1. The molecule has 16 heteroatoms. The van der Waals surface area contributed by atoms with Crippen LogP contribution in [0, 0.1) is 13.8 Å². The van der Waals surface area contributed by atoms with Gasteiger partial charge in [-0.3, -0.25) is 24.0 Å². The number of halogens is 6. The quantitative estimate of drug-likeness (QED) is 0.202. The second-order valence-corrected chi connectivity index (χ2v) is 13.3. The number of aromatic nitrogens is 3. The number of rotatable bonds is 8. The normalized spacial score (nSPS) is 19.8. The lowest BCUT2D eigenvalue weighted by Crippen LogP contribution is -2.57. The van der Waals surface area contributed by atoms with Crippen molar-refractivity contribution in [1.82, 2.24) is 19.4 Å². The van der Waals surface area contributed by atoms with Crippen LogP contribution in [0.15, 0.2) is 34.4 Å². The van der Waals surface area contributed by atoms with E-state index in [1.165, 1.54) is 26.2 Å². The number of ether oxygens (including phenoxy) is 2. The molecule has 0 unspecified atom stereocenters. The number of nitrogens with zero attached hydrogens (tertiary/aromatic N) is 4. The first-order valence-electron chi connectivity index (χ1n) is 15.1. The minimum absolute atomic E-state index is 0.0204. The van der Waals surface area contributed by atoms with Gasteiger partial charge < -0.3 is 9.84 Å². The number of aryl methyl sites for hydroxylation is 3. The lowest BCUT2D eigenvalue weighted by atomic mass is 9.89. The molecule has 1 fully saturated rings. The number of benzene rings is 1. The number of pyridine rings is 1. The minimum Gasteiger partial charge on any atom is -0.491 e. The molecule has 6 rings (SSSR count). The fourth-order valence-electron chi connectivity index (χ4n) is 6.52. The summed E-state index contributed by atoms with van der Waals surface area (Å²) in [5, 5.41) is 11.6. The van der Waals surface area contributed by atoms with Crippen LogP contribution in [0.4, 0.5) is 22.0 Å². The molecule has 4 aromatic rings. The van der Waals surface area contributed by atoms with Crippen molar-refractivity contribution in [3.8, 4) is 16.9 Å². The maximum Gasteiger partial charge on any atom is 0.522 e. The van der Waals surface area contributed by atoms with E-state index >= 15 is 0 Å². The molecule has 256 valence electrons. The number of hydrogen-bond donors (Lipinski definition) is 1. The van der Waals surface area contributed by atoms with Crippen molar-refractivity contribution >= 4 is 39.1 Å². The standard InChI is InChI=1S/C32H30ClF5N4O5S/c1-16-11-21(28-27(39-16)23(14-48-28)30(44)45)20-12-18(33)3-6-25(20)46-10-9-42-17(2)40-24-5-4-19(13-22(24)29(42)43)41-8-7-26(31(34,35)15-41)47-32(36,37)38/h3,6,11-12,14,19,26H,4-5,7-10,13,15H2,1-2H3,(H,44,45)/t19-,26-/m0/s1. The molecule has 1 N–H and O–H groups in total. The third kappa shape index (κ3) is 6.91. The molecule has 48 heavy (non-hydrogen) atoms. The summed E-state index contributed by atoms with van der Waals surface area (Å²) in [4.78, 5) is 36.0. The highest BCUT2D eigenvalue weighted by molar-refractivity contribution is 7.18. The van der Waals surface area contributed by atoms with Gasteiger partial charge in [-0.2, -0.15) is 0 Å². The van der Waals surface area contributed by atoms with Gasteiger partial charge in [0.15, 0.2) is 0 Å². The smallest absolute Gasteiger partial charge is 0.491 e. The Bertz CT molecular complexity index is 1950. The van der Waals surface area contributed by atoms with Crippen LogP contribution in [0.1, 0.15) is 46.0 Å². The number of alkyl halides is 5. The number of piperidine rings is 1. The van der Waals surface area contributed by atoms with Gasteiger partial charge in [-0.15, -0.1) is 24.5 Å². The predicted molar refractivity (Wildman–Crippen MR) is 168 cm³/mol. The largest absolute Gasteiger partial charge is 0.522 e. The zero-order valence-electron chi connectivity index (χ0n) is 25.7. The Hall–Kier alpha value is -3.66. The summed E-state index contributed by atoms with van der Waals surface area (Å²) in [6, 6.07) is 6.42. The second kappa shape index (κ2) is 13.0. The number of aromatic carboxylic acids is 1. The molecule has 0 saturated carbocycles. The van der Waals surface area contributed by atoms with E-state index in [0.29, 0.717) is 67.7 Å². The fourth-order valence-corrected chi connectivity index (χ4v) is 7.71. The molecule has 4 heterocycles. The maximum atomic E-state index is 14.7. The van der Waals surface area contributed by atoms with Gasteiger partial charge in [0.25, 0.3) is 11.5 Å². The Kier molecular flexibility index (Phi) is 9.26. The number of carboxylic acid groups (broad SMARTS) is 1. The summed E-state index contributed by atoms with van der Waals surface area (Å²) in [5.41, 5.74) is 3.02. The molecular formula is C32H30ClF5N4O5S. The lowest BCUT2D eigenvalue weighted by molar-refractivity contribution is -0.371. The van der Waals surface area contributed by atoms with E-state index < -0.39 is 43.4 Å². The Morgan fingerprint density at radius 3 is 2.65 bits per heavy atom. The van der Waals surface area contributed by atoms with Crippen molar-refractivity contribution in [3.63, 3.8) is 0 Å². The van der Waals surface area contributed by atoms with Gasteiger partial charge >= 0.3 is 12.3 Å². The summed E-state index contributed by atoms with van der Waals surface area (Å²) in [6.45, 7) is 2.70. The summed E-state index contributed by atoms with van der Waals surface area (Å²) in [7, 11) is 0. The molecule has 0 spiro atoms. The Morgan fingerprint density at radius 1 is 1.17 bits per heavy atom. The average molecular weight is 713 g/mol. The van der Waals surface area contributed by atoms with E-state index in [0.717, 1.165) is 0 Å². The highest BCUT2D eigenvalue weighted by Gasteiger charge is 2.51. The SMILES string of the molecule is Cc1cc(-c2cc(Cl)ccc2OCCn2c(C)nc3c(c2=O)C[C@@H](N2CC[C@H](OC(F)(F)F)C(F)(F)C2)CC3)c2scc(C(=O)O)c2n1. The van der Waals surface area contributed by atoms with Gasteiger partial charge in [0.05, 0.1) is 34.6 Å². The van der Waals surface area contributed by atoms with Crippen LogP contribution in [0.5, 0.6) is 5.75 Å². The lowest BCUT2D eigenvalue weighted by Gasteiger charge is -2.43. The molecule has 1 aromatic carbocycles. The molecular weight excluding hydrogens is 683 g/mol. The van der Waals surface area contributed by atoms with E-state index in [9.17, 15) is 36.6 Å². The van der Waals surface area contributed by atoms with E-state index in [1.807, 2.05) is 6.07 Å². The van der Waals surface area contributed by atoms with E-state index in [4.69, 9.17) is 16.3 Å². The highest BCUT2D eigenvalue weighted by Crippen LogP contribution is 2.41. The van der Waals surface area contributed by atoms with Gasteiger partial charge in [0, 0.05) is 45.4 Å². The topological polar surface area (TPSA) is 107 Å². The molecule has 0 bridgehead atoms. The maximum absolute atomic E-state index is 14.7. The Balaban J connectivity index is 1.20. The molecule has 9 nitrogen and oxygen atoms in total. The first kappa shape index (κ1) is 34.2. The van der Waals surface area contributed by atoms with Crippen LogP contribution in [0.25, 0.3) is 21.3 Å². The van der Waals surface area contributed by atoms with Gasteiger partial charge in [0.1, 0.15) is 24.3 Å². The molecule has 1 aliphatic carbocycles. The van der Waals surface area contributed by atoms with E-state index in [1.54, 1.807) is 32.0 Å². The molecule has 1 aliphatic heterocycles. The van der Waals surface area contributed by atoms with Gasteiger partial charge in [-0.25, -0.2) is 18.6 Å². The summed E-state index contributed by atoms with van der Waals surface area (Å²) in [6.07, 6.45) is -6.96. The number of fused-ring (bicyclic) bond motifs is 2. The van der Waals surface area contributed by atoms with Gasteiger partial charge in [-0.1, -0.05) is 11.6 Å². The van der Waals surface area contributed by atoms with Crippen molar-refractivity contribution in [1.29, 1.82) is 0 Å². The highest BCUT2D eigenvalue weighted by atomic mass is 35.5. The van der Waals surface area contributed by atoms with E-state index in [2.05, 4.69) is 14.7 Å². The summed E-state index contributed by atoms with van der Waals surface area (Å²) < 4.78 is 79.3. The van der Waals surface area contributed by atoms with Crippen LogP contribution >= 0.6 is 22.9 Å². The van der Waals surface area contributed by atoms with Crippen LogP contribution in [0.2, 0.25) is 5.02 Å². The first-order chi connectivity index (χ1) is 22.6. The van der Waals surface area contributed by atoms with Crippen molar-refractivity contribution in [2.45, 2.75) is 70.5 Å². The zero-order valence-corrected chi connectivity index (χ0v) is 27.3. The minimum atomic E-state index is -5.16. The van der Waals surface area contributed by atoms with E-state index in [-0.39, 0.29) is 37.2 Å². The second-order valence-electron chi connectivity index (χ2n) is 11.9.